The van der Waals surface area contributed by atoms with Gasteiger partial charge in [0, 0.05) is 29.3 Å². The molecule has 0 aliphatic carbocycles. The zero-order chi connectivity index (χ0) is 15.9. The minimum absolute atomic E-state index is 0.0338. The molecule has 0 amide bonds. The van der Waals surface area contributed by atoms with Gasteiger partial charge in [-0.25, -0.2) is 0 Å². The van der Waals surface area contributed by atoms with Crippen LogP contribution in [0, 0.1) is 11.8 Å². The van der Waals surface area contributed by atoms with Gasteiger partial charge >= 0.3 is 0 Å². The number of hydrogen-bond acceptors (Lipinski definition) is 4. The van der Waals surface area contributed by atoms with E-state index in [9.17, 15) is 9.59 Å². The lowest BCUT2D eigenvalue weighted by molar-refractivity contribution is -0.109. The maximum atomic E-state index is 12.5. The van der Waals surface area contributed by atoms with E-state index in [1.54, 1.807) is 30.3 Å². The average Bonchev–Trinajstić information content (AvgIpc) is 2.53. The molecule has 22 heavy (non-hydrogen) atoms. The molecule has 2 aromatic rings. The van der Waals surface area contributed by atoms with Crippen LogP contribution in [0.2, 0.25) is 0 Å². The van der Waals surface area contributed by atoms with E-state index in [4.69, 9.17) is 5.73 Å². The van der Waals surface area contributed by atoms with Gasteiger partial charge in [0.2, 0.25) is 0 Å². The van der Waals surface area contributed by atoms with Crippen LogP contribution in [-0.4, -0.2) is 16.7 Å². The fraction of sp³-hybridized carbons (Fsp3) is 0.111. The van der Waals surface area contributed by atoms with Gasteiger partial charge in [-0.05, 0) is 18.2 Å². The Morgan fingerprint density at radius 3 is 2.55 bits per heavy atom. The molecular formula is C18H15NO2S. The van der Waals surface area contributed by atoms with E-state index in [2.05, 4.69) is 11.8 Å². The standard InChI is InChI=1S/C18H15NO2S/c1-13(20)22-11-5-6-14-9-10-17(19)16(12-14)18(21)15-7-3-2-4-8-15/h2-4,7-10,12H,11,19H2,1H3. The minimum atomic E-state index is -0.125. The van der Waals surface area contributed by atoms with Crippen LogP contribution in [-0.2, 0) is 4.79 Å². The molecule has 0 fully saturated rings. The number of carbonyl (C=O) groups is 2. The van der Waals surface area contributed by atoms with Crippen molar-refractivity contribution in [3.63, 3.8) is 0 Å². The van der Waals surface area contributed by atoms with Gasteiger partial charge in [-0.3, -0.25) is 9.59 Å². The van der Waals surface area contributed by atoms with Gasteiger partial charge in [0.05, 0.1) is 5.75 Å². The molecule has 0 aliphatic rings. The number of anilines is 1. The summed E-state index contributed by atoms with van der Waals surface area (Å²) in [5, 5.41) is 0.0338. The summed E-state index contributed by atoms with van der Waals surface area (Å²) >= 11 is 1.16. The molecule has 0 unspecified atom stereocenters. The Bertz CT molecular complexity index is 758. The van der Waals surface area contributed by atoms with Crippen molar-refractivity contribution in [2.75, 3.05) is 11.5 Å². The van der Waals surface area contributed by atoms with Gasteiger partial charge in [0.1, 0.15) is 0 Å². The summed E-state index contributed by atoms with van der Waals surface area (Å²) in [5.41, 5.74) is 8.07. The molecule has 0 atom stereocenters. The van der Waals surface area contributed by atoms with Crippen molar-refractivity contribution in [2.45, 2.75) is 6.92 Å². The molecule has 0 aliphatic heterocycles. The SMILES string of the molecule is CC(=O)SCC#Cc1ccc(N)c(C(=O)c2ccccc2)c1. The van der Waals surface area contributed by atoms with Crippen molar-refractivity contribution >= 4 is 28.3 Å². The Labute approximate surface area is 133 Å². The highest BCUT2D eigenvalue weighted by molar-refractivity contribution is 8.13. The van der Waals surface area contributed by atoms with Crippen LogP contribution in [0.4, 0.5) is 5.69 Å². The Morgan fingerprint density at radius 1 is 1.14 bits per heavy atom. The molecule has 0 bridgehead atoms. The summed E-state index contributed by atoms with van der Waals surface area (Å²) in [6.07, 6.45) is 0. The number of nitrogens with two attached hydrogens (primary N) is 1. The Hall–Kier alpha value is -2.51. The van der Waals surface area contributed by atoms with Crippen LogP contribution in [0.15, 0.2) is 48.5 Å². The van der Waals surface area contributed by atoms with E-state index in [0.717, 1.165) is 11.8 Å². The Balaban J connectivity index is 2.24. The zero-order valence-corrected chi connectivity index (χ0v) is 12.9. The second-order valence-electron chi connectivity index (χ2n) is 4.58. The van der Waals surface area contributed by atoms with Crippen molar-refractivity contribution in [3.8, 4) is 11.8 Å². The van der Waals surface area contributed by atoms with Gasteiger partial charge < -0.3 is 5.73 Å². The van der Waals surface area contributed by atoms with E-state index in [1.807, 2.05) is 18.2 Å². The van der Waals surface area contributed by atoms with E-state index in [-0.39, 0.29) is 10.9 Å². The fourth-order valence-electron chi connectivity index (χ4n) is 1.85. The molecule has 110 valence electrons. The third kappa shape index (κ3) is 4.24. The first-order valence-corrected chi connectivity index (χ1v) is 7.68. The second-order valence-corrected chi connectivity index (χ2v) is 5.73. The summed E-state index contributed by atoms with van der Waals surface area (Å²) in [6, 6.07) is 14.1. The maximum Gasteiger partial charge on any atom is 0.195 e. The molecule has 3 nitrogen and oxygen atoms in total. The van der Waals surface area contributed by atoms with Gasteiger partial charge in [0.15, 0.2) is 10.9 Å². The van der Waals surface area contributed by atoms with Crippen molar-refractivity contribution in [1.29, 1.82) is 0 Å². The Morgan fingerprint density at radius 2 is 1.86 bits per heavy atom. The maximum absolute atomic E-state index is 12.5. The van der Waals surface area contributed by atoms with Gasteiger partial charge in [-0.2, -0.15) is 0 Å². The Kier molecular flexibility index (Phi) is 5.40. The lowest BCUT2D eigenvalue weighted by Crippen LogP contribution is -2.05. The second kappa shape index (κ2) is 7.48. The zero-order valence-electron chi connectivity index (χ0n) is 12.1. The summed E-state index contributed by atoms with van der Waals surface area (Å²) in [7, 11) is 0. The van der Waals surface area contributed by atoms with Crippen LogP contribution in [0.25, 0.3) is 0 Å². The van der Waals surface area contributed by atoms with Gasteiger partial charge in [-0.1, -0.05) is 53.9 Å². The van der Waals surface area contributed by atoms with E-state index < -0.39 is 0 Å². The van der Waals surface area contributed by atoms with Crippen LogP contribution in [0.1, 0.15) is 28.4 Å². The summed E-state index contributed by atoms with van der Waals surface area (Å²) < 4.78 is 0. The summed E-state index contributed by atoms with van der Waals surface area (Å²) in [6.45, 7) is 1.51. The molecule has 2 N–H and O–H groups in total. The van der Waals surface area contributed by atoms with E-state index in [1.165, 1.54) is 6.92 Å². The van der Waals surface area contributed by atoms with Crippen molar-refractivity contribution in [3.05, 3.63) is 65.2 Å². The number of carbonyl (C=O) groups excluding carboxylic acids is 2. The van der Waals surface area contributed by atoms with Crippen molar-refractivity contribution < 1.29 is 9.59 Å². The largest absolute Gasteiger partial charge is 0.398 e. The number of rotatable bonds is 3. The van der Waals surface area contributed by atoms with Crippen LogP contribution in [0.3, 0.4) is 0 Å². The predicted molar refractivity (Wildman–Crippen MR) is 90.7 cm³/mol. The molecule has 0 saturated heterocycles. The number of nitrogen functional groups attached to an aromatic ring is 1. The molecule has 0 heterocycles. The first-order valence-electron chi connectivity index (χ1n) is 6.69. The summed E-state index contributed by atoms with van der Waals surface area (Å²) in [4.78, 5) is 23.3. The normalized spacial score (nSPS) is 9.68. The molecule has 4 heteroatoms. The van der Waals surface area contributed by atoms with Crippen molar-refractivity contribution in [1.82, 2.24) is 0 Å². The highest BCUT2D eigenvalue weighted by Gasteiger charge is 2.12. The topological polar surface area (TPSA) is 60.2 Å². The minimum Gasteiger partial charge on any atom is -0.398 e. The average molecular weight is 309 g/mol. The predicted octanol–water partition coefficient (Wildman–Crippen LogP) is 3.13. The van der Waals surface area contributed by atoms with E-state index in [0.29, 0.717) is 28.1 Å². The first kappa shape index (κ1) is 15.9. The van der Waals surface area contributed by atoms with Crippen LogP contribution in [0.5, 0.6) is 0 Å². The summed E-state index contributed by atoms with van der Waals surface area (Å²) in [5.74, 6) is 6.15. The third-order valence-electron chi connectivity index (χ3n) is 2.91. The number of thioether (sulfide) groups is 1. The smallest absolute Gasteiger partial charge is 0.195 e. The molecule has 0 radical (unpaired) electrons. The van der Waals surface area contributed by atoms with Crippen molar-refractivity contribution in [2.24, 2.45) is 0 Å². The number of hydrogen-bond donors (Lipinski definition) is 1. The lowest BCUT2D eigenvalue weighted by atomic mass is 10.00. The molecule has 2 aromatic carbocycles. The third-order valence-corrected chi connectivity index (χ3v) is 3.61. The lowest BCUT2D eigenvalue weighted by Gasteiger charge is -2.05. The molecule has 2 rings (SSSR count). The molecule has 0 aromatic heterocycles. The molecule has 0 spiro atoms. The monoisotopic (exact) mass is 309 g/mol. The van der Waals surface area contributed by atoms with Gasteiger partial charge in [0.25, 0.3) is 0 Å². The van der Waals surface area contributed by atoms with Crippen LogP contribution < -0.4 is 5.73 Å². The quantitative estimate of drug-likeness (QED) is 0.537. The highest BCUT2D eigenvalue weighted by Crippen LogP contribution is 2.18. The van der Waals surface area contributed by atoms with E-state index >= 15 is 0 Å². The molecular weight excluding hydrogens is 294 g/mol. The fourth-order valence-corrected chi connectivity index (χ4v) is 2.20. The molecule has 0 saturated carbocycles. The number of ketones is 1. The number of benzene rings is 2. The first-order chi connectivity index (χ1) is 10.6. The van der Waals surface area contributed by atoms with Gasteiger partial charge in [-0.15, -0.1) is 0 Å². The highest BCUT2D eigenvalue weighted by atomic mass is 32.2. The van der Waals surface area contributed by atoms with Crippen LogP contribution >= 0.6 is 11.8 Å².